The van der Waals surface area contributed by atoms with Gasteiger partial charge in [-0.1, -0.05) is 30.3 Å². The van der Waals surface area contributed by atoms with E-state index in [1.165, 1.54) is 19.3 Å². The third kappa shape index (κ3) is 3.42. The molecule has 0 bridgehead atoms. The van der Waals surface area contributed by atoms with E-state index in [-0.39, 0.29) is 0 Å². The Bertz CT molecular complexity index is 323. The molecule has 1 fully saturated rings. The molecule has 1 saturated carbocycles. The fourth-order valence-corrected chi connectivity index (χ4v) is 2.18. The second kappa shape index (κ2) is 5.59. The van der Waals surface area contributed by atoms with Crippen molar-refractivity contribution >= 4 is 11.3 Å². The van der Waals surface area contributed by atoms with E-state index in [0.29, 0.717) is 12.0 Å². The highest BCUT2D eigenvalue weighted by Crippen LogP contribution is 2.27. The summed E-state index contributed by atoms with van der Waals surface area (Å²) in [5, 5.41) is 13.2. The average molecular weight is 241 g/mol. The summed E-state index contributed by atoms with van der Waals surface area (Å²) in [5.41, 5.74) is 0. The van der Waals surface area contributed by atoms with Crippen molar-refractivity contribution in [3.63, 3.8) is 0 Å². The van der Waals surface area contributed by atoms with Gasteiger partial charge in [0.05, 0.1) is 0 Å². The van der Waals surface area contributed by atoms with Crippen molar-refractivity contribution in [1.29, 1.82) is 0 Å². The number of rotatable bonds is 6. The lowest BCUT2D eigenvalue weighted by molar-refractivity contribution is 0.119. The van der Waals surface area contributed by atoms with Gasteiger partial charge >= 0.3 is 0 Å². The predicted octanol–water partition coefficient (Wildman–Crippen LogP) is 2.21. The van der Waals surface area contributed by atoms with Gasteiger partial charge in [-0.15, -0.1) is 5.10 Å². The minimum Gasteiger partial charge on any atom is -0.466 e. The Hall–Kier alpha value is -0.680. The summed E-state index contributed by atoms with van der Waals surface area (Å²) in [4.78, 5) is 0. The van der Waals surface area contributed by atoms with Crippen LogP contribution < -0.4 is 10.1 Å². The van der Waals surface area contributed by atoms with Crippen molar-refractivity contribution in [2.24, 2.45) is 5.92 Å². The van der Waals surface area contributed by atoms with Gasteiger partial charge in [-0.25, -0.2) is 0 Å². The van der Waals surface area contributed by atoms with Crippen LogP contribution in [-0.2, 0) is 6.54 Å². The van der Waals surface area contributed by atoms with Crippen LogP contribution in [-0.4, -0.2) is 22.8 Å². The Morgan fingerprint density at radius 1 is 1.44 bits per heavy atom. The Labute approximate surface area is 100 Å². The highest BCUT2D eigenvalue weighted by molar-refractivity contribution is 7.13. The Balaban J connectivity index is 1.73. The average Bonchev–Trinajstić information content (AvgIpc) is 2.59. The highest BCUT2D eigenvalue weighted by atomic mass is 32.1. The summed E-state index contributed by atoms with van der Waals surface area (Å²) in [6, 6.07) is 0. The first-order valence-electron chi connectivity index (χ1n) is 5.94. The predicted molar refractivity (Wildman–Crippen MR) is 64.7 cm³/mol. The van der Waals surface area contributed by atoms with E-state index in [0.717, 1.165) is 23.3 Å². The van der Waals surface area contributed by atoms with Gasteiger partial charge in [0.1, 0.15) is 11.1 Å². The summed E-state index contributed by atoms with van der Waals surface area (Å²) >= 11 is 1.56. The Morgan fingerprint density at radius 2 is 2.25 bits per heavy atom. The highest BCUT2D eigenvalue weighted by Gasteiger charge is 2.20. The molecule has 0 spiro atoms. The van der Waals surface area contributed by atoms with Gasteiger partial charge in [-0.2, -0.15) is 0 Å². The van der Waals surface area contributed by atoms with Crippen molar-refractivity contribution in [1.82, 2.24) is 15.5 Å². The third-order valence-electron chi connectivity index (χ3n) is 2.60. The van der Waals surface area contributed by atoms with Crippen LogP contribution >= 0.6 is 11.3 Å². The van der Waals surface area contributed by atoms with Crippen LogP contribution in [0.1, 0.15) is 38.1 Å². The van der Waals surface area contributed by atoms with Crippen LogP contribution in [0.25, 0.3) is 0 Å². The van der Waals surface area contributed by atoms with Crippen molar-refractivity contribution in [2.45, 2.75) is 45.8 Å². The van der Waals surface area contributed by atoms with E-state index in [9.17, 15) is 0 Å². The van der Waals surface area contributed by atoms with Crippen molar-refractivity contribution < 1.29 is 4.74 Å². The maximum Gasteiger partial charge on any atom is 0.294 e. The van der Waals surface area contributed by atoms with Gasteiger partial charge in [0, 0.05) is 6.54 Å². The molecule has 1 aromatic rings. The Morgan fingerprint density at radius 3 is 2.88 bits per heavy atom. The molecule has 90 valence electrons. The van der Waals surface area contributed by atoms with Crippen LogP contribution in [0, 0.1) is 5.92 Å². The molecule has 0 aromatic carbocycles. The van der Waals surface area contributed by atoms with Crippen LogP contribution in [0.2, 0.25) is 0 Å². The summed E-state index contributed by atoms with van der Waals surface area (Å²) in [6.07, 6.45) is 4.01. The largest absolute Gasteiger partial charge is 0.466 e. The lowest BCUT2D eigenvalue weighted by Gasteiger charge is -2.24. The molecule has 1 N–H and O–H groups in total. The molecule has 16 heavy (non-hydrogen) atoms. The maximum atomic E-state index is 5.68. The molecule has 0 amide bonds. The molecular weight excluding hydrogens is 222 g/mol. The first kappa shape index (κ1) is 11.8. The van der Waals surface area contributed by atoms with Crippen molar-refractivity contribution in [3.05, 3.63) is 5.01 Å². The van der Waals surface area contributed by atoms with E-state index in [1.807, 2.05) is 0 Å². The summed E-state index contributed by atoms with van der Waals surface area (Å²) in [5.74, 6) is 0.665. The standard InChI is InChI=1S/C11H19N3OS/c1-8(2)6-12-7-10-13-14-11(16-10)15-9-4-3-5-9/h8-9,12H,3-7H2,1-2H3. The van der Waals surface area contributed by atoms with Gasteiger partial charge in [-0.05, 0) is 31.7 Å². The zero-order chi connectivity index (χ0) is 11.4. The summed E-state index contributed by atoms with van der Waals surface area (Å²) in [6.45, 7) is 6.19. The monoisotopic (exact) mass is 241 g/mol. The van der Waals surface area contributed by atoms with Gasteiger partial charge in [-0.3, -0.25) is 0 Å². The second-order valence-corrected chi connectivity index (χ2v) is 5.68. The van der Waals surface area contributed by atoms with Gasteiger partial charge in [0.15, 0.2) is 0 Å². The number of aromatic nitrogens is 2. The lowest BCUT2D eigenvalue weighted by Crippen LogP contribution is -2.24. The van der Waals surface area contributed by atoms with Crippen LogP contribution in [0.15, 0.2) is 0 Å². The number of hydrogen-bond acceptors (Lipinski definition) is 5. The van der Waals surface area contributed by atoms with E-state index in [4.69, 9.17) is 4.74 Å². The molecule has 4 nitrogen and oxygen atoms in total. The molecule has 5 heteroatoms. The molecule has 0 aliphatic heterocycles. The number of hydrogen-bond donors (Lipinski definition) is 1. The molecule has 0 unspecified atom stereocenters. The number of ether oxygens (including phenoxy) is 1. The molecule has 1 heterocycles. The van der Waals surface area contributed by atoms with Crippen molar-refractivity contribution in [3.8, 4) is 5.19 Å². The number of nitrogens with zero attached hydrogens (tertiary/aromatic N) is 2. The lowest BCUT2D eigenvalue weighted by atomic mass is 9.96. The minimum absolute atomic E-state index is 0.393. The molecule has 0 atom stereocenters. The summed E-state index contributed by atoms with van der Waals surface area (Å²) in [7, 11) is 0. The number of nitrogens with one attached hydrogen (secondary N) is 1. The smallest absolute Gasteiger partial charge is 0.294 e. The second-order valence-electron chi connectivity index (χ2n) is 4.66. The summed E-state index contributed by atoms with van der Waals surface area (Å²) < 4.78 is 5.68. The molecule has 1 aliphatic carbocycles. The Kier molecular flexibility index (Phi) is 4.12. The molecule has 1 aliphatic rings. The van der Waals surface area contributed by atoms with E-state index < -0.39 is 0 Å². The first-order valence-corrected chi connectivity index (χ1v) is 6.75. The zero-order valence-corrected chi connectivity index (χ0v) is 10.7. The molecule has 2 rings (SSSR count). The zero-order valence-electron chi connectivity index (χ0n) is 9.90. The molecule has 0 saturated heterocycles. The quantitative estimate of drug-likeness (QED) is 0.829. The van der Waals surface area contributed by atoms with Gasteiger partial charge < -0.3 is 10.1 Å². The fourth-order valence-electron chi connectivity index (χ4n) is 1.46. The van der Waals surface area contributed by atoms with E-state index in [2.05, 4.69) is 29.4 Å². The maximum absolute atomic E-state index is 5.68. The van der Waals surface area contributed by atoms with E-state index in [1.54, 1.807) is 11.3 Å². The fraction of sp³-hybridized carbons (Fsp3) is 0.818. The van der Waals surface area contributed by atoms with Crippen LogP contribution in [0.5, 0.6) is 5.19 Å². The molecular formula is C11H19N3OS. The van der Waals surface area contributed by atoms with Crippen LogP contribution in [0.3, 0.4) is 0 Å². The van der Waals surface area contributed by atoms with Crippen molar-refractivity contribution in [2.75, 3.05) is 6.54 Å². The SMILES string of the molecule is CC(C)CNCc1nnc(OC2CCC2)s1. The first-order chi connectivity index (χ1) is 7.74. The normalized spacial score (nSPS) is 16.4. The molecule has 1 aromatic heterocycles. The third-order valence-corrected chi connectivity index (χ3v) is 3.41. The van der Waals surface area contributed by atoms with Gasteiger partial charge in [0.2, 0.25) is 0 Å². The topological polar surface area (TPSA) is 47.0 Å². The van der Waals surface area contributed by atoms with Crippen LogP contribution in [0.4, 0.5) is 0 Å². The minimum atomic E-state index is 0.393. The van der Waals surface area contributed by atoms with Gasteiger partial charge in [0.25, 0.3) is 5.19 Å². The van der Waals surface area contributed by atoms with E-state index >= 15 is 0 Å². The molecule has 0 radical (unpaired) electrons.